The summed E-state index contributed by atoms with van der Waals surface area (Å²) < 4.78 is 10.9. The van der Waals surface area contributed by atoms with Crippen LogP contribution in [0, 0.1) is 0 Å². The van der Waals surface area contributed by atoms with Crippen LogP contribution >= 0.6 is 11.6 Å². The molecule has 1 fully saturated rings. The lowest BCUT2D eigenvalue weighted by Gasteiger charge is -2.26. The molecule has 1 saturated heterocycles. The molecule has 1 amide bonds. The van der Waals surface area contributed by atoms with E-state index >= 15 is 0 Å². The lowest BCUT2D eigenvalue weighted by atomic mass is 9.94. The van der Waals surface area contributed by atoms with Crippen molar-refractivity contribution in [2.24, 2.45) is 0 Å². The molecule has 4 rings (SSSR count). The summed E-state index contributed by atoms with van der Waals surface area (Å²) in [4.78, 5) is 30.1. The number of ketones is 1. The highest BCUT2D eigenvalue weighted by atomic mass is 35.5. The summed E-state index contributed by atoms with van der Waals surface area (Å²) in [6.45, 7) is 2.07. The van der Waals surface area contributed by atoms with Crippen LogP contribution in [0.3, 0.4) is 0 Å². The van der Waals surface area contributed by atoms with E-state index in [2.05, 4.69) is 0 Å². The van der Waals surface area contributed by atoms with Crippen molar-refractivity contribution in [3.63, 3.8) is 0 Å². The molecule has 0 aliphatic carbocycles. The number of halogens is 1. The van der Waals surface area contributed by atoms with E-state index < -0.39 is 23.5 Å². The average Bonchev–Trinajstić information content (AvgIpc) is 3.15. The largest absolute Gasteiger partial charge is 0.507 e. The number of aromatic hydroxyl groups is 1. The molecular formula is C28H27ClN2O6. The van der Waals surface area contributed by atoms with Crippen LogP contribution in [0.2, 0.25) is 5.02 Å². The minimum atomic E-state index is -1.02. The van der Waals surface area contributed by atoms with Crippen molar-refractivity contribution < 1.29 is 29.3 Å². The number of ether oxygens (including phenoxy) is 2. The van der Waals surface area contributed by atoms with E-state index in [4.69, 9.17) is 21.1 Å². The molecule has 3 aromatic rings. The summed E-state index contributed by atoms with van der Waals surface area (Å²) in [6, 6.07) is 15.3. The number of methoxy groups -OCH3 is 1. The Hall–Kier alpha value is -4.17. The quantitative estimate of drug-likeness (QED) is 0.251. The predicted octanol–water partition coefficient (Wildman–Crippen LogP) is 5.15. The van der Waals surface area contributed by atoms with Gasteiger partial charge in [-0.3, -0.25) is 14.5 Å². The van der Waals surface area contributed by atoms with E-state index in [1.807, 2.05) is 31.1 Å². The van der Waals surface area contributed by atoms with Crippen LogP contribution in [0.1, 0.15) is 24.1 Å². The second-order valence-corrected chi connectivity index (χ2v) is 9.02. The number of hydrogen-bond acceptors (Lipinski definition) is 7. The molecule has 0 radical (unpaired) electrons. The third-order valence-corrected chi connectivity index (χ3v) is 6.34. The van der Waals surface area contributed by atoms with Crippen molar-refractivity contribution in [2.75, 3.05) is 37.6 Å². The number of aliphatic hydroxyl groups excluding tert-OH is 1. The Kier molecular flexibility index (Phi) is 7.31. The highest BCUT2D eigenvalue weighted by Crippen LogP contribution is 2.45. The van der Waals surface area contributed by atoms with Gasteiger partial charge in [0.05, 0.1) is 30.9 Å². The monoisotopic (exact) mass is 522 g/mol. The third-order valence-electron chi connectivity index (χ3n) is 6.10. The zero-order valence-corrected chi connectivity index (χ0v) is 21.6. The molecule has 2 N–H and O–H groups in total. The number of nitrogens with zero attached hydrogens (tertiary/aromatic N) is 2. The third kappa shape index (κ3) is 4.80. The Labute approximate surface area is 219 Å². The number of Topliss-reactive ketones (excluding diaryl/α,β-unsaturated/α-hetero) is 1. The van der Waals surface area contributed by atoms with Gasteiger partial charge in [0.1, 0.15) is 11.5 Å². The fourth-order valence-corrected chi connectivity index (χ4v) is 4.48. The molecule has 1 heterocycles. The zero-order valence-electron chi connectivity index (χ0n) is 20.9. The van der Waals surface area contributed by atoms with Gasteiger partial charge in [0.25, 0.3) is 11.7 Å². The van der Waals surface area contributed by atoms with E-state index in [1.54, 1.807) is 43.3 Å². The van der Waals surface area contributed by atoms with Gasteiger partial charge in [-0.2, -0.15) is 0 Å². The number of rotatable bonds is 7. The molecule has 1 aliphatic heterocycles. The minimum Gasteiger partial charge on any atom is -0.507 e. The Morgan fingerprint density at radius 3 is 2.35 bits per heavy atom. The first-order valence-corrected chi connectivity index (χ1v) is 11.9. The van der Waals surface area contributed by atoms with Crippen molar-refractivity contribution in [1.82, 2.24) is 0 Å². The number of benzene rings is 3. The topological polar surface area (TPSA) is 99.5 Å². The summed E-state index contributed by atoms with van der Waals surface area (Å²) in [5.41, 5.74) is 1.85. The number of phenolic OH excluding ortho intramolecular Hbond substituents is 1. The number of hydrogen-bond donors (Lipinski definition) is 2. The van der Waals surface area contributed by atoms with E-state index in [0.717, 1.165) is 5.69 Å². The van der Waals surface area contributed by atoms with Crippen molar-refractivity contribution in [1.29, 1.82) is 0 Å². The second kappa shape index (κ2) is 10.4. The first-order chi connectivity index (χ1) is 17.7. The molecule has 0 saturated carbocycles. The Balaban J connectivity index is 1.98. The van der Waals surface area contributed by atoms with Gasteiger partial charge in [-0.25, -0.2) is 0 Å². The normalized spacial score (nSPS) is 16.7. The molecule has 3 aromatic carbocycles. The molecule has 0 spiro atoms. The number of phenols is 1. The van der Waals surface area contributed by atoms with Crippen LogP contribution in [-0.4, -0.2) is 49.7 Å². The zero-order chi connectivity index (χ0) is 26.9. The van der Waals surface area contributed by atoms with E-state index in [1.165, 1.54) is 24.1 Å². The maximum Gasteiger partial charge on any atom is 0.300 e. The first kappa shape index (κ1) is 25.9. The number of carbonyl (C=O) groups excluding carboxylic acids is 2. The minimum absolute atomic E-state index is 0.0885. The van der Waals surface area contributed by atoms with E-state index in [9.17, 15) is 19.8 Å². The summed E-state index contributed by atoms with van der Waals surface area (Å²) in [5, 5.41) is 22.0. The van der Waals surface area contributed by atoms with Crippen LogP contribution in [-0.2, 0) is 9.59 Å². The Bertz CT molecular complexity index is 1380. The highest BCUT2D eigenvalue weighted by Gasteiger charge is 2.47. The Morgan fingerprint density at radius 1 is 1.03 bits per heavy atom. The van der Waals surface area contributed by atoms with Crippen LogP contribution in [0.5, 0.6) is 17.2 Å². The number of aliphatic hydroxyl groups is 1. The molecular weight excluding hydrogens is 496 g/mol. The summed E-state index contributed by atoms with van der Waals surface area (Å²) >= 11 is 6.18. The van der Waals surface area contributed by atoms with Crippen LogP contribution in [0.4, 0.5) is 11.4 Å². The molecule has 8 nitrogen and oxygen atoms in total. The number of carbonyl (C=O) groups is 2. The number of amides is 1. The van der Waals surface area contributed by atoms with Gasteiger partial charge in [0.2, 0.25) is 0 Å². The van der Waals surface area contributed by atoms with Crippen molar-refractivity contribution in [2.45, 2.75) is 13.0 Å². The second-order valence-electron chi connectivity index (χ2n) is 8.58. The number of anilines is 2. The fraction of sp³-hybridized carbons (Fsp3) is 0.214. The highest BCUT2D eigenvalue weighted by molar-refractivity contribution is 6.51. The fourth-order valence-electron chi connectivity index (χ4n) is 4.31. The van der Waals surface area contributed by atoms with Gasteiger partial charge in [0, 0.05) is 30.5 Å². The van der Waals surface area contributed by atoms with Gasteiger partial charge in [0.15, 0.2) is 11.5 Å². The Morgan fingerprint density at radius 2 is 1.73 bits per heavy atom. The van der Waals surface area contributed by atoms with Gasteiger partial charge >= 0.3 is 0 Å². The van der Waals surface area contributed by atoms with Crippen molar-refractivity contribution >= 4 is 40.4 Å². The smallest absolute Gasteiger partial charge is 0.300 e. The van der Waals surface area contributed by atoms with Crippen LogP contribution in [0.25, 0.3) is 5.76 Å². The van der Waals surface area contributed by atoms with Crippen LogP contribution < -0.4 is 19.3 Å². The first-order valence-electron chi connectivity index (χ1n) is 11.6. The molecule has 0 bridgehead atoms. The SMILES string of the molecule is CCOc1cc(C2/C(=C(\O)c3cc(Cl)ccc3OC)C(=O)C(=O)N2c2ccc(N(C)C)cc2)ccc1O. The maximum atomic E-state index is 13.5. The molecule has 0 aromatic heterocycles. The van der Waals surface area contributed by atoms with Gasteiger partial charge in [-0.1, -0.05) is 17.7 Å². The molecule has 1 aliphatic rings. The summed E-state index contributed by atoms with van der Waals surface area (Å²) in [6.07, 6.45) is 0. The van der Waals surface area contributed by atoms with E-state index in [0.29, 0.717) is 22.9 Å². The van der Waals surface area contributed by atoms with E-state index in [-0.39, 0.29) is 28.4 Å². The lowest BCUT2D eigenvalue weighted by Crippen LogP contribution is -2.29. The standard InChI is InChI=1S/C28H27ClN2O6/c1-5-37-23-14-16(6-12-21(23)32)25-24(26(33)20-15-17(29)7-13-22(20)36-4)27(34)28(35)31(25)19-10-8-18(9-11-19)30(2)3/h6-15,25,32-33H,5H2,1-4H3/b26-24+. The maximum absolute atomic E-state index is 13.5. The van der Waals surface area contributed by atoms with Crippen molar-refractivity contribution in [3.8, 4) is 17.2 Å². The van der Waals surface area contributed by atoms with Crippen molar-refractivity contribution in [3.05, 3.63) is 82.4 Å². The molecule has 1 unspecified atom stereocenters. The predicted molar refractivity (Wildman–Crippen MR) is 143 cm³/mol. The van der Waals surface area contributed by atoms with Gasteiger partial charge in [-0.15, -0.1) is 0 Å². The summed E-state index contributed by atoms with van der Waals surface area (Å²) in [7, 11) is 5.22. The molecule has 37 heavy (non-hydrogen) atoms. The molecule has 192 valence electrons. The molecule has 1 atom stereocenters. The average molecular weight is 523 g/mol. The lowest BCUT2D eigenvalue weighted by molar-refractivity contribution is -0.132. The summed E-state index contributed by atoms with van der Waals surface area (Å²) in [5.74, 6) is -1.73. The van der Waals surface area contributed by atoms with Gasteiger partial charge in [-0.05, 0) is 67.1 Å². The molecule has 9 heteroatoms. The van der Waals surface area contributed by atoms with Crippen LogP contribution in [0.15, 0.2) is 66.2 Å². The van der Waals surface area contributed by atoms with Gasteiger partial charge < -0.3 is 24.6 Å².